The Morgan fingerprint density at radius 2 is 1.85 bits per heavy atom. The predicted molar refractivity (Wildman–Crippen MR) is 112 cm³/mol. The van der Waals surface area contributed by atoms with Gasteiger partial charge in [0.05, 0.1) is 18.7 Å². The molecule has 2 fully saturated rings. The van der Waals surface area contributed by atoms with Gasteiger partial charge in [0.15, 0.2) is 13.4 Å². The van der Waals surface area contributed by atoms with Crippen molar-refractivity contribution in [1.82, 2.24) is 9.96 Å². The summed E-state index contributed by atoms with van der Waals surface area (Å²) in [6, 6.07) is 11.0. The summed E-state index contributed by atoms with van der Waals surface area (Å²) in [6.07, 6.45) is 2.22. The normalized spacial score (nSPS) is 23.7. The monoisotopic (exact) mass is 392 g/mol. The molecule has 3 rings (SSSR count). The fourth-order valence-electron chi connectivity index (χ4n) is 3.29. The van der Waals surface area contributed by atoms with Crippen molar-refractivity contribution >= 4 is 25.6 Å². The van der Waals surface area contributed by atoms with Crippen molar-refractivity contribution in [3.63, 3.8) is 0 Å². The molecule has 0 unspecified atom stereocenters. The molecule has 2 aliphatic rings. The average molecular weight is 393 g/mol. The lowest BCUT2D eigenvalue weighted by Gasteiger charge is -2.39. The van der Waals surface area contributed by atoms with Crippen LogP contribution in [-0.4, -0.2) is 48.6 Å². The highest BCUT2D eigenvalue weighted by atomic mass is 32.1. The number of hydrogen-bond donors (Lipinski definition) is 0. The number of benzene rings is 1. The van der Waals surface area contributed by atoms with E-state index in [1.807, 2.05) is 23.3 Å². The van der Waals surface area contributed by atoms with E-state index in [2.05, 4.69) is 50.9 Å². The van der Waals surface area contributed by atoms with E-state index in [4.69, 9.17) is 21.5 Å². The van der Waals surface area contributed by atoms with Crippen molar-refractivity contribution in [3.05, 3.63) is 35.9 Å². The molecule has 0 spiro atoms. The maximum atomic E-state index is 6.48. The van der Waals surface area contributed by atoms with Crippen LogP contribution in [0.2, 0.25) is 18.1 Å². The Morgan fingerprint density at radius 1 is 1.15 bits per heavy atom. The predicted octanol–water partition coefficient (Wildman–Crippen LogP) is 4.57. The molecule has 2 saturated heterocycles. The topological polar surface area (TPSA) is 24.9 Å². The summed E-state index contributed by atoms with van der Waals surface area (Å²) < 4.78 is 6.48. The van der Waals surface area contributed by atoms with E-state index >= 15 is 0 Å². The van der Waals surface area contributed by atoms with Crippen LogP contribution >= 0.6 is 12.2 Å². The first kappa shape index (κ1) is 19.8. The Morgan fingerprint density at radius 3 is 2.50 bits per heavy atom. The largest absolute Gasteiger partial charge is 0.415 e. The maximum Gasteiger partial charge on any atom is 0.196 e. The molecule has 4 nitrogen and oxygen atoms in total. The highest BCUT2D eigenvalue weighted by molar-refractivity contribution is 7.80. The molecule has 2 atom stereocenters. The number of hydrogen-bond acceptors (Lipinski definition) is 3. The van der Waals surface area contributed by atoms with Gasteiger partial charge in [-0.05, 0) is 48.8 Å². The van der Waals surface area contributed by atoms with Crippen molar-refractivity contribution in [1.29, 1.82) is 0 Å². The van der Waals surface area contributed by atoms with Crippen LogP contribution in [0.15, 0.2) is 30.3 Å². The Bertz CT molecular complexity index is 632. The first-order chi connectivity index (χ1) is 12.2. The summed E-state index contributed by atoms with van der Waals surface area (Å²) in [5, 5.41) is 3.03. The summed E-state index contributed by atoms with van der Waals surface area (Å²) in [7, 11) is -1.73. The third-order valence-corrected chi connectivity index (χ3v) is 11.0. The van der Waals surface area contributed by atoms with E-state index in [1.165, 1.54) is 5.56 Å². The van der Waals surface area contributed by atoms with Gasteiger partial charge in [-0.15, -0.1) is 0 Å². The van der Waals surface area contributed by atoms with Crippen molar-refractivity contribution in [3.8, 4) is 0 Å². The second-order valence-corrected chi connectivity index (χ2v) is 14.2. The maximum absolute atomic E-state index is 6.48. The first-order valence-electron chi connectivity index (χ1n) is 9.60. The summed E-state index contributed by atoms with van der Waals surface area (Å²) >= 11 is 5.73. The molecule has 6 heteroatoms. The van der Waals surface area contributed by atoms with Crippen LogP contribution in [0.25, 0.3) is 0 Å². The quantitative estimate of drug-likeness (QED) is 0.521. The Kier molecular flexibility index (Phi) is 5.77. The fraction of sp³-hybridized carbons (Fsp3) is 0.650. The highest BCUT2D eigenvalue weighted by Gasteiger charge is 2.44. The van der Waals surface area contributed by atoms with Gasteiger partial charge >= 0.3 is 0 Å². The van der Waals surface area contributed by atoms with E-state index in [1.54, 1.807) is 0 Å². The molecular formula is C20H32N2O2SSi. The van der Waals surface area contributed by atoms with Crippen LogP contribution in [0.5, 0.6) is 0 Å². The van der Waals surface area contributed by atoms with Crippen LogP contribution in [0.3, 0.4) is 0 Å². The van der Waals surface area contributed by atoms with E-state index in [-0.39, 0.29) is 5.04 Å². The Hall–Kier alpha value is -0.953. The molecule has 144 valence electrons. The second kappa shape index (κ2) is 7.58. The number of piperidine rings is 1. The molecule has 0 N–H and O–H groups in total. The molecule has 0 saturated carbocycles. The molecule has 2 aliphatic heterocycles. The van der Waals surface area contributed by atoms with Gasteiger partial charge in [-0.1, -0.05) is 51.1 Å². The third kappa shape index (κ3) is 4.14. The summed E-state index contributed by atoms with van der Waals surface area (Å²) in [5.41, 5.74) is 1.17. The van der Waals surface area contributed by atoms with Gasteiger partial charge < -0.3 is 9.33 Å². The minimum atomic E-state index is -1.73. The summed E-state index contributed by atoms with van der Waals surface area (Å²) in [5.74, 6) is 0. The van der Waals surface area contributed by atoms with Crippen LogP contribution in [0.4, 0.5) is 0 Å². The number of fused-ring (bicyclic) bond motifs is 2. The highest BCUT2D eigenvalue weighted by Crippen LogP contribution is 2.38. The van der Waals surface area contributed by atoms with Crippen molar-refractivity contribution < 1.29 is 9.26 Å². The fourth-order valence-corrected chi connectivity index (χ4v) is 4.76. The van der Waals surface area contributed by atoms with E-state index in [0.717, 1.165) is 31.1 Å². The van der Waals surface area contributed by atoms with Crippen molar-refractivity contribution in [2.24, 2.45) is 0 Å². The van der Waals surface area contributed by atoms with E-state index in [9.17, 15) is 0 Å². The minimum Gasteiger partial charge on any atom is -0.415 e. The lowest BCUT2D eigenvalue weighted by Crippen LogP contribution is -2.48. The zero-order chi connectivity index (χ0) is 18.9. The summed E-state index contributed by atoms with van der Waals surface area (Å²) in [4.78, 5) is 8.40. The zero-order valence-electron chi connectivity index (χ0n) is 16.7. The molecule has 0 aromatic heterocycles. The van der Waals surface area contributed by atoms with Crippen molar-refractivity contribution in [2.45, 2.75) is 70.4 Å². The molecular weight excluding hydrogens is 360 g/mol. The summed E-state index contributed by atoms with van der Waals surface area (Å²) in [6.45, 7) is 13.8. The molecule has 2 heterocycles. The number of thiocarbonyl (C=S) groups is 1. The number of hydroxylamine groups is 2. The Labute approximate surface area is 164 Å². The van der Waals surface area contributed by atoms with Gasteiger partial charge in [0, 0.05) is 6.54 Å². The van der Waals surface area contributed by atoms with Gasteiger partial charge in [-0.3, -0.25) is 4.84 Å². The molecule has 0 radical (unpaired) electrons. The molecule has 1 aromatic rings. The van der Waals surface area contributed by atoms with Gasteiger partial charge in [0.1, 0.15) is 6.61 Å². The smallest absolute Gasteiger partial charge is 0.196 e. The van der Waals surface area contributed by atoms with Crippen LogP contribution in [0.1, 0.15) is 39.2 Å². The third-order valence-electron chi connectivity index (χ3n) is 6.10. The SMILES string of the molecule is CC(C)(C)[Si](C)(C)OC[C@@H]1CC[C@@H]2CN1C(=S)N2OCc1ccccc1. The lowest BCUT2D eigenvalue weighted by atomic mass is 10.0. The average Bonchev–Trinajstić information content (AvgIpc) is 2.84. The van der Waals surface area contributed by atoms with Crippen LogP contribution < -0.4 is 0 Å². The Balaban J connectivity index is 1.57. The minimum absolute atomic E-state index is 0.237. The molecule has 2 bridgehead atoms. The standard InChI is InChI=1S/C20H32N2O2SSi/c1-20(2,3)26(4,5)24-15-18-12-11-17-13-21(18)19(25)22(17)23-14-16-9-7-6-8-10-16/h6-10,17-18H,11-15H2,1-5H3/t17-,18+/m1/s1. The molecule has 0 amide bonds. The van der Waals surface area contributed by atoms with Gasteiger partial charge in [-0.2, -0.15) is 0 Å². The van der Waals surface area contributed by atoms with Gasteiger partial charge in [-0.25, -0.2) is 5.06 Å². The second-order valence-electron chi connectivity index (χ2n) is 8.98. The van der Waals surface area contributed by atoms with Crippen LogP contribution in [-0.2, 0) is 15.9 Å². The van der Waals surface area contributed by atoms with E-state index in [0.29, 0.717) is 18.7 Å². The number of rotatable bonds is 6. The first-order valence-corrected chi connectivity index (χ1v) is 12.9. The van der Waals surface area contributed by atoms with Gasteiger partial charge in [0.2, 0.25) is 0 Å². The molecule has 26 heavy (non-hydrogen) atoms. The van der Waals surface area contributed by atoms with Crippen LogP contribution in [0, 0.1) is 0 Å². The molecule has 0 aliphatic carbocycles. The zero-order valence-corrected chi connectivity index (χ0v) is 18.5. The number of nitrogens with zero attached hydrogens (tertiary/aromatic N) is 2. The molecule has 1 aromatic carbocycles. The van der Waals surface area contributed by atoms with E-state index < -0.39 is 8.32 Å². The lowest BCUT2D eigenvalue weighted by molar-refractivity contribution is -0.127. The van der Waals surface area contributed by atoms with Gasteiger partial charge in [0.25, 0.3) is 0 Å². The van der Waals surface area contributed by atoms with Crippen molar-refractivity contribution in [2.75, 3.05) is 13.2 Å².